The second-order valence-electron chi connectivity index (χ2n) is 8.76. The Morgan fingerprint density at radius 2 is 1.75 bits per heavy atom. The lowest BCUT2D eigenvalue weighted by atomic mass is 9.88. The highest BCUT2D eigenvalue weighted by atomic mass is 32.2. The molecule has 1 aliphatic heterocycles. The van der Waals surface area contributed by atoms with Crippen molar-refractivity contribution in [3.05, 3.63) is 64.5 Å². The molecule has 0 spiro atoms. The molecule has 170 valence electrons. The van der Waals surface area contributed by atoms with E-state index >= 15 is 0 Å². The number of amides is 1. The number of carbonyl (C=O) groups is 1. The Bertz CT molecular complexity index is 1140. The highest BCUT2D eigenvalue weighted by molar-refractivity contribution is 7.91. The number of sulfone groups is 1. The normalized spacial score (nSPS) is 16.4. The molecule has 2 aliphatic rings. The highest BCUT2D eigenvalue weighted by Gasteiger charge is 2.27. The largest absolute Gasteiger partial charge is 0.342 e. The fraction of sp³-hybridized carbons (Fsp3) is 0.462. The van der Waals surface area contributed by atoms with Crippen LogP contribution in [0.2, 0.25) is 0 Å². The van der Waals surface area contributed by atoms with Gasteiger partial charge in [0.2, 0.25) is 5.91 Å². The maximum Gasteiger partial charge on any atom is 0.222 e. The van der Waals surface area contributed by atoms with E-state index in [4.69, 9.17) is 4.98 Å². The zero-order valence-electron chi connectivity index (χ0n) is 19.1. The summed E-state index contributed by atoms with van der Waals surface area (Å²) >= 11 is 0. The van der Waals surface area contributed by atoms with Gasteiger partial charge in [0.25, 0.3) is 0 Å². The minimum Gasteiger partial charge on any atom is -0.342 e. The number of fused-ring (bicyclic) bond motifs is 2. The van der Waals surface area contributed by atoms with Crippen molar-refractivity contribution >= 4 is 21.3 Å². The van der Waals surface area contributed by atoms with Crippen LogP contribution < -0.4 is 0 Å². The van der Waals surface area contributed by atoms with Gasteiger partial charge < -0.3 is 4.90 Å². The predicted molar refractivity (Wildman–Crippen MR) is 127 cm³/mol. The maximum atomic E-state index is 12.7. The number of rotatable bonds is 5. The van der Waals surface area contributed by atoms with Crippen LogP contribution in [0.15, 0.2) is 47.0 Å². The molecule has 1 fully saturated rings. The van der Waals surface area contributed by atoms with Gasteiger partial charge in [-0.3, -0.25) is 9.78 Å². The predicted octanol–water partition coefficient (Wildman–Crippen LogP) is 4.59. The second kappa shape index (κ2) is 9.57. The number of nitrogens with zero attached hydrogens (tertiary/aromatic N) is 2. The van der Waals surface area contributed by atoms with Crippen molar-refractivity contribution in [2.75, 3.05) is 18.8 Å². The van der Waals surface area contributed by atoms with Crippen LogP contribution in [0.3, 0.4) is 0 Å². The van der Waals surface area contributed by atoms with E-state index in [0.717, 1.165) is 67.6 Å². The van der Waals surface area contributed by atoms with Crippen LogP contribution in [0.25, 0.3) is 5.57 Å². The Labute approximate surface area is 191 Å². The van der Waals surface area contributed by atoms with Crippen molar-refractivity contribution in [3.63, 3.8) is 0 Å². The average molecular weight is 453 g/mol. The van der Waals surface area contributed by atoms with Crippen LogP contribution in [0.4, 0.5) is 0 Å². The lowest BCUT2D eigenvalue weighted by Gasteiger charge is -2.30. The van der Waals surface area contributed by atoms with Gasteiger partial charge in [-0.2, -0.15) is 0 Å². The standard InChI is InChI=1S/C26H32N2O3S/c1-3-6-24(29)28-15-12-19(13-16-28)25-23-11-10-22(32(30,31)17-4-2)18-21(23)9-8-20-7-5-14-27-26(20)25/h5,7,10-11,14,18H,3-4,6,8-9,12-13,15-17H2,1-2H3. The van der Waals surface area contributed by atoms with Crippen LogP contribution in [-0.2, 0) is 27.5 Å². The van der Waals surface area contributed by atoms with Crippen LogP contribution in [0.5, 0.6) is 0 Å². The third kappa shape index (κ3) is 4.51. The van der Waals surface area contributed by atoms with E-state index < -0.39 is 9.84 Å². The van der Waals surface area contributed by atoms with Crippen LogP contribution in [0, 0.1) is 0 Å². The van der Waals surface area contributed by atoms with Crippen LogP contribution in [0.1, 0.15) is 68.3 Å². The fourth-order valence-electron chi connectivity index (χ4n) is 4.87. The molecule has 6 heteroatoms. The van der Waals surface area contributed by atoms with Crippen molar-refractivity contribution in [1.82, 2.24) is 9.88 Å². The van der Waals surface area contributed by atoms with Crippen molar-refractivity contribution in [1.29, 1.82) is 0 Å². The molecule has 1 aliphatic carbocycles. The molecule has 1 aromatic heterocycles. The molecule has 0 bridgehead atoms. The Morgan fingerprint density at radius 3 is 2.47 bits per heavy atom. The average Bonchev–Trinajstić information content (AvgIpc) is 2.96. The lowest BCUT2D eigenvalue weighted by molar-refractivity contribution is -0.131. The monoisotopic (exact) mass is 452 g/mol. The SMILES string of the molecule is CCCC(=O)N1CCC(=C2c3ccc(S(=O)(=O)CCC)cc3CCc3cccnc32)CC1. The van der Waals surface area contributed by atoms with Gasteiger partial charge in [0.15, 0.2) is 9.84 Å². The van der Waals surface area contributed by atoms with Crippen LogP contribution in [-0.4, -0.2) is 43.1 Å². The number of aryl methyl sites for hydroxylation is 2. The van der Waals surface area contributed by atoms with Crippen molar-refractivity contribution < 1.29 is 13.2 Å². The van der Waals surface area contributed by atoms with Gasteiger partial charge in [-0.25, -0.2) is 8.42 Å². The number of pyridine rings is 1. The van der Waals surface area contributed by atoms with Gasteiger partial charge in [-0.15, -0.1) is 0 Å². The Morgan fingerprint density at radius 1 is 1.00 bits per heavy atom. The summed E-state index contributed by atoms with van der Waals surface area (Å²) in [6, 6.07) is 9.73. The third-order valence-corrected chi connectivity index (χ3v) is 8.42. The zero-order valence-corrected chi connectivity index (χ0v) is 19.9. The third-order valence-electron chi connectivity index (χ3n) is 6.51. The number of carbonyl (C=O) groups excluding carboxylic acids is 1. The molecule has 0 saturated carbocycles. The van der Waals surface area contributed by atoms with Crippen LogP contribution >= 0.6 is 0 Å². The van der Waals surface area contributed by atoms with E-state index in [2.05, 4.69) is 6.07 Å². The minimum absolute atomic E-state index is 0.170. The summed E-state index contributed by atoms with van der Waals surface area (Å²) in [6.07, 6.45) is 7.21. The van der Waals surface area contributed by atoms with E-state index in [1.165, 1.54) is 11.1 Å². The molecule has 0 unspecified atom stereocenters. The first-order valence-electron chi connectivity index (χ1n) is 11.7. The van der Waals surface area contributed by atoms with Crippen molar-refractivity contribution in [2.45, 2.75) is 63.7 Å². The quantitative estimate of drug-likeness (QED) is 0.666. The van der Waals surface area contributed by atoms with E-state index in [9.17, 15) is 13.2 Å². The van der Waals surface area contributed by atoms with E-state index in [0.29, 0.717) is 17.7 Å². The van der Waals surface area contributed by atoms with Crippen molar-refractivity contribution in [3.8, 4) is 0 Å². The van der Waals surface area contributed by atoms with Gasteiger partial charge >= 0.3 is 0 Å². The second-order valence-corrected chi connectivity index (χ2v) is 10.9. The summed E-state index contributed by atoms with van der Waals surface area (Å²) in [5.41, 5.74) is 6.86. The van der Waals surface area contributed by atoms with E-state index in [1.54, 1.807) is 6.07 Å². The van der Waals surface area contributed by atoms with Crippen molar-refractivity contribution in [2.24, 2.45) is 0 Å². The van der Waals surface area contributed by atoms with Gasteiger partial charge in [-0.05, 0) is 73.4 Å². The molecule has 32 heavy (non-hydrogen) atoms. The molecule has 1 saturated heterocycles. The molecule has 1 amide bonds. The summed E-state index contributed by atoms with van der Waals surface area (Å²) in [6.45, 7) is 5.40. The number of hydrogen-bond donors (Lipinski definition) is 0. The summed E-state index contributed by atoms with van der Waals surface area (Å²) in [5.74, 6) is 0.408. The first-order valence-corrected chi connectivity index (χ1v) is 13.4. The summed E-state index contributed by atoms with van der Waals surface area (Å²) in [4.78, 5) is 19.5. The summed E-state index contributed by atoms with van der Waals surface area (Å²) in [5, 5.41) is 0. The fourth-order valence-corrected chi connectivity index (χ4v) is 6.24. The molecular weight excluding hydrogens is 420 g/mol. The van der Waals surface area contributed by atoms with E-state index in [-0.39, 0.29) is 11.7 Å². The molecule has 0 radical (unpaired) electrons. The number of benzene rings is 1. The molecule has 5 nitrogen and oxygen atoms in total. The first kappa shape index (κ1) is 22.7. The molecule has 2 aromatic rings. The van der Waals surface area contributed by atoms with Gasteiger partial charge in [0, 0.05) is 31.3 Å². The zero-order chi connectivity index (χ0) is 22.7. The van der Waals surface area contributed by atoms with Gasteiger partial charge in [0.05, 0.1) is 16.3 Å². The molecule has 1 aromatic carbocycles. The Hall–Kier alpha value is -2.47. The molecule has 4 rings (SSSR count). The summed E-state index contributed by atoms with van der Waals surface area (Å²) in [7, 11) is -3.26. The smallest absolute Gasteiger partial charge is 0.222 e. The lowest BCUT2D eigenvalue weighted by Crippen LogP contribution is -2.36. The number of hydrogen-bond acceptors (Lipinski definition) is 4. The molecule has 0 N–H and O–H groups in total. The first-order chi connectivity index (χ1) is 15.4. The number of likely N-dealkylation sites (tertiary alicyclic amines) is 1. The summed E-state index contributed by atoms with van der Waals surface area (Å²) < 4.78 is 25.4. The Balaban J connectivity index is 1.77. The van der Waals surface area contributed by atoms with E-state index in [1.807, 2.05) is 43.1 Å². The number of aromatic nitrogens is 1. The topological polar surface area (TPSA) is 67.3 Å². The number of piperidine rings is 1. The van der Waals surface area contributed by atoms with Gasteiger partial charge in [0.1, 0.15) is 0 Å². The Kier molecular flexibility index (Phi) is 6.79. The molecule has 0 atom stereocenters. The highest BCUT2D eigenvalue weighted by Crippen LogP contribution is 2.38. The maximum absolute atomic E-state index is 12.7. The van der Waals surface area contributed by atoms with Gasteiger partial charge in [-0.1, -0.05) is 31.6 Å². The molecule has 2 heterocycles. The molecular formula is C26H32N2O3S. The minimum atomic E-state index is -3.26.